The number of nitrogens with zero attached hydrogens (tertiary/aromatic N) is 2. The summed E-state index contributed by atoms with van der Waals surface area (Å²) in [6.45, 7) is 0.969. The van der Waals surface area contributed by atoms with Gasteiger partial charge in [-0.3, -0.25) is 15.4 Å². The lowest BCUT2D eigenvalue weighted by Gasteiger charge is -2.11. The van der Waals surface area contributed by atoms with E-state index in [2.05, 4.69) is 10.4 Å². The van der Waals surface area contributed by atoms with E-state index in [9.17, 15) is 0 Å². The molecule has 3 heteroatoms. The average Bonchev–Trinajstić information content (AvgIpc) is 2.05. The fraction of sp³-hybridized carbons (Fsp3) is 0.444. The van der Waals surface area contributed by atoms with Crippen molar-refractivity contribution in [1.29, 1.82) is 0 Å². The van der Waals surface area contributed by atoms with E-state index in [1.54, 1.807) is 0 Å². The molecule has 0 atom stereocenters. The maximum Gasteiger partial charge on any atom is 0.0270 e. The zero-order valence-electron chi connectivity index (χ0n) is 7.62. The van der Waals surface area contributed by atoms with Crippen LogP contribution in [0.3, 0.4) is 0 Å². The van der Waals surface area contributed by atoms with Crippen molar-refractivity contribution in [2.75, 3.05) is 20.6 Å². The van der Waals surface area contributed by atoms with Gasteiger partial charge in [0.25, 0.3) is 0 Å². The van der Waals surface area contributed by atoms with Crippen LogP contribution >= 0.6 is 0 Å². The van der Waals surface area contributed by atoms with Crippen LogP contribution in [-0.2, 0) is 6.42 Å². The summed E-state index contributed by atoms with van der Waals surface area (Å²) in [6.07, 6.45) is 4.69. The summed E-state index contributed by atoms with van der Waals surface area (Å²) in [7, 11) is 3.99. The minimum absolute atomic E-state index is 0.969. The van der Waals surface area contributed by atoms with Gasteiger partial charge >= 0.3 is 0 Å². The van der Waals surface area contributed by atoms with Gasteiger partial charge in [0.1, 0.15) is 0 Å². The fourth-order valence-corrected chi connectivity index (χ4v) is 0.973. The van der Waals surface area contributed by atoms with Gasteiger partial charge in [-0.15, -0.1) is 0 Å². The SMILES string of the molecule is CN(C)NCCc1ccncc1. The molecular weight excluding hydrogens is 150 g/mol. The molecule has 1 rings (SSSR count). The second kappa shape index (κ2) is 4.85. The summed E-state index contributed by atoms with van der Waals surface area (Å²) >= 11 is 0. The van der Waals surface area contributed by atoms with E-state index in [1.807, 2.05) is 43.6 Å². The number of hydrogen-bond acceptors (Lipinski definition) is 3. The third-order valence-corrected chi connectivity index (χ3v) is 1.59. The van der Waals surface area contributed by atoms with Crippen LogP contribution in [0.4, 0.5) is 0 Å². The van der Waals surface area contributed by atoms with E-state index in [4.69, 9.17) is 0 Å². The van der Waals surface area contributed by atoms with Crippen molar-refractivity contribution >= 4 is 0 Å². The summed E-state index contributed by atoms with van der Waals surface area (Å²) in [5.74, 6) is 0. The number of pyridine rings is 1. The van der Waals surface area contributed by atoms with E-state index in [0.29, 0.717) is 0 Å². The van der Waals surface area contributed by atoms with E-state index in [-0.39, 0.29) is 0 Å². The standard InChI is InChI=1S/C9H15N3/c1-12(2)11-8-5-9-3-6-10-7-4-9/h3-4,6-7,11H,5,8H2,1-2H3. The van der Waals surface area contributed by atoms with Crippen LogP contribution in [0, 0.1) is 0 Å². The van der Waals surface area contributed by atoms with Gasteiger partial charge in [0.2, 0.25) is 0 Å². The summed E-state index contributed by atoms with van der Waals surface area (Å²) in [6, 6.07) is 4.08. The highest BCUT2D eigenvalue weighted by molar-refractivity contribution is 5.09. The van der Waals surface area contributed by atoms with Gasteiger partial charge < -0.3 is 0 Å². The zero-order valence-corrected chi connectivity index (χ0v) is 7.62. The second-order valence-electron chi connectivity index (χ2n) is 2.91. The molecule has 3 nitrogen and oxygen atoms in total. The molecule has 0 saturated carbocycles. The molecule has 0 amide bonds. The van der Waals surface area contributed by atoms with Crippen molar-refractivity contribution in [3.05, 3.63) is 30.1 Å². The third kappa shape index (κ3) is 3.46. The van der Waals surface area contributed by atoms with Crippen LogP contribution in [0.5, 0.6) is 0 Å². The first-order valence-electron chi connectivity index (χ1n) is 4.09. The van der Waals surface area contributed by atoms with Crippen molar-refractivity contribution in [1.82, 2.24) is 15.4 Å². The molecule has 0 saturated heterocycles. The van der Waals surface area contributed by atoms with Crippen LogP contribution in [0.15, 0.2) is 24.5 Å². The first-order chi connectivity index (χ1) is 5.79. The molecule has 0 radical (unpaired) electrons. The molecule has 0 fully saturated rings. The predicted molar refractivity (Wildman–Crippen MR) is 49.6 cm³/mol. The molecular formula is C9H15N3. The van der Waals surface area contributed by atoms with Gasteiger partial charge in [-0.1, -0.05) is 0 Å². The van der Waals surface area contributed by atoms with Crippen LogP contribution < -0.4 is 5.43 Å². The number of rotatable bonds is 4. The van der Waals surface area contributed by atoms with Gasteiger partial charge in [0, 0.05) is 33.0 Å². The largest absolute Gasteiger partial charge is 0.265 e. The first-order valence-corrected chi connectivity index (χ1v) is 4.09. The van der Waals surface area contributed by atoms with E-state index in [0.717, 1.165) is 13.0 Å². The molecule has 0 bridgehead atoms. The van der Waals surface area contributed by atoms with E-state index >= 15 is 0 Å². The highest BCUT2D eigenvalue weighted by Gasteiger charge is 1.91. The lowest BCUT2D eigenvalue weighted by molar-refractivity contribution is 0.292. The molecule has 0 spiro atoms. The maximum absolute atomic E-state index is 3.96. The molecule has 1 aromatic heterocycles. The van der Waals surface area contributed by atoms with E-state index < -0.39 is 0 Å². The third-order valence-electron chi connectivity index (χ3n) is 1.59. The Morgan fingerprint density at radius 2 is 2.00 bits per heavy atom. The summed E-state index contributed by atoms with van der Waals surface area (Å²) < 4.78 is 0. The molecule has 0 unspecified atom stereocenters. The van der Waals surface area contributed by atoms with Crippen molar-refractivity contribution < 1.29 is 0 Å². The molecule has 0 aliphatic heterocycles. The molecule has 12 heavy (non-hydrogen) atoms. The maximum atomic E-state index is 3.96. The highest BCUT2D eigenvalue weighted by atomic mass is 15.5. The molecule has 0 aliphatic carbocycles. The summed E-state index contributed by atoms with van der Waals surface area (Å²) in [4.78, 5) is 3.96. The number of hydrazine groups is 1. The highest BCUT2D eigenvalue weighted by Crippen LogP contribution is 1.95. The number of aromatic nitrogens is 1. The Morgan fingerprint density at radius 3 is 2.58 bits per heavy atom. The van der Waals surface area contributed by atoms with Gasteiger partial charge in [-0.05, 0) is 24.1 Å². The Bertz CT molecular complexity index is 208. The minimum atomic E-state index is 0.969. The average molecular weight is 165 g/mol. The first kappa shape index (κ1) is 9.16. The number of nitrogens with one attached hydrogen (secondary N) is 1. The molecule has 0 aromatic carbocycles. The Kier molecular flexibility index (Phi) is 3.70. The Hall–Kier alpha value is -0.930. The van der Waals surface area contributed by atoms with Crippen LogP contribution in [0.25, 0.3) is 0 Å². The topological polar surface area (TPSA) is 28.2 Å². The zero-order chi connectivity index (χ0) is 8.81. The van der Waals surface area contributed by atoms with Gasteiger partial charge in [-0.25, -0.2) is 0 Å². The normalized spacial score (nSPS) is 10.6. The molecule has 66 valence electrons. The predicted octanol–water partition coefficient (Wildman–Crippen LogP) is 0.690. The monoisotopic (exact) mass is 165 g/mol. The van der Waals surface area contributed by atoms with E-state index in [1.165, 1.54) is 5.56 Å². The van der Waals surface area contributed by atoms with Crippen molar-refractivity contribution in [2.24, 2.45) is 0 Å². The smallest absolute Gasteiger partial charge is 0.0270 e. The van der Waals surface area contributed by atoms with Crippen molar-refractivity contribution in [3.8, 4) is 0 Å². The Balaban J connectivity index is 2.25. The lowest BCUT2D eigenvalue weighted by atomic mass is 10.2. The molecule has 1 aromatic rings. The fourth-order valence-electron chi connectivity index (χ4n) is 0.973. The quantitative estimate of drug-likeness (QED) is 0.665. The van der Waals surface area contributed by atoms with Crippen molar-refractivity contribution in [3.63, 3.8) is 0 Å². The second-order valence-corrected chi connectivity index (χ2v) is 2.91. The minimum Gasteiger partial charge on any atom is -0.265 e. The van der Waals surface area contributed by atoms with Gasteiger partial charge in [0.15, 0.2) is 0 Å². The van der Waals surface area contributed by atoms with Crippen LogP contribution in [0.2, 0.25) is 0 Å². The Labute approximate surface area is 73.4 Å². The van der Waals surface area contributed by atoms with Crippen LogP contribution in [-0.4, -0.2) is 30.6 Å². The van der Waals surface area contributed by atoms with Crippen molar-refractivity contribution in [2.45, 2.75) is 6.42 Å². The Morgan fingerprint density at radius 1 is 1.33 bits per heavy atom. The summed E-state index contributed by atoms with van der Waals surface area (Å²) in [5.41, 5.74) is 4.53. The van der Waals surface area contributed by atoms with Gasteiger partial charge in [-0.2, -0.15) is 0 Å². The van der Waals surface area contributed by atoms with Crippen LogP contribution in [0.1, 0.15) is 5.56 Å². The molecule has 1 heterocycles. The molecule has 1 N–H and O–H groups in total. The molecule has 0 aliphatic rings. The number of hydrogen-bond donors (Lipinski definition) is 1. The summed E-state index contributed by atoms with van der Waals surface area (Å²) in [5, 5.41) is 1.96. The lowest BCUT2D eigenvalue weighted by Crippen LogP contribution is -2.31. The van der Waals surface area contributed by atoms with Gasteiger partial charge in [0.05, 0.1) is 0 Å².